The van der Waals surface area contributed by atoms with Gasteiger partial charge in [-0.05, 0) is 36.8 Å². The fourth-order valence-electron chi connectivity index (χ4n) is 2.81. The number of hydrogen-bond donors (Lipinski definition) is 1. The van der Waals surface area contributed by atoms with Crippen molar-refractivity contribution < 1.29 is 18.7 Å². The first-order valence-corrected chi connectivity index (χ1v) is 9.10. The number of nitrogens with zero attached hydrogens (tertiary/aromatic N) is 4. The van der Waals surface area contributed by atoms with E-state index in [0.29, 0.717) is 35.4 Å². The molecule has 152 valence electrons. The fourth-order valence-corrected chi connectivity index (χ4v) is 2.81. The second-order valence-corrected chi connectivity index (χ2v) is 6.49. The predicted molar refractivity (Wildman–Crippen MR) is 106 cm³/mol. The first-order chi connectivity index (χ1) is 14.0. The van der Waals surface area contributed by atoms with E-state index < -0.39 is 11.7 Å². The van der Waals surface area contributed by atoms with Crippen molar-refractivity contribution in [1.82, 2.24) is 20.3 Å². The summed E-state index contributed by atoms with van der Waals surface area (Å²) in [6.07, 6.45) is 0. The second-order valence-electron chi connectivity index (χ2n) is 6.49. The van der Waals surface area contributed by atoms with Crippen LogP contribution in [0.5, 0.6) is 0 Å². The molecule has 3 rings (SSSR count). The van der Waals surface area contributed by atoms with Crippen LogP contribution in [0.4, 0.5) is 10.1 Å². The van der Waals surface area contributed by atoms with Crippen molar-refractivity contribution in [3.63, 3.8) is 0 Å². The summed E-state index contributed by atoms with van der Waals surface area (Å²) < 4.78 is 20.5. The van der Waals surface area contributed by atoms with Gasteiger partial charge in [0, 0.05) is 19.3 Å². The highest BCUT2D eigenvalue weighted by Gasteiger charge is 2.21. The minimum atomic E-state index is -0.453. The molecule has 0 bridgehead atoms. The second kappa shape index (κ2) is 9.24. The van der Waals surface area contributed by atoms with Crippen LogP contribution in [0.2, 0.25) is 0 Å². The maximum absolute atomic E-state index is 14.1. The molecule has 0 unspecified atom stereocenters. The van der Waals surface area contributed by atoms with Gasteiger partial charge in [-0.2, -0.15) is 0 Å². The normalized spacial score (nSPS) is 10.9. The van der Waals surface area contributed by atoms with Gasteiger partial charge in [0.1, 0.15) is 24.4 Å². The summed E-state index contributed by atoms with van der Waals surface area (Å²) >= 11 is 0. The number of nitrogens with one attached hydrogen (secondary N) is 1. The lowest BCUT2D eigenvalue weighted by molar-refractivity contribution is -0.124. The van der Waals surface area contributed by atoms with Gasteiger partial charge in [-0.15, -0.1) is 5.10 Å². The number of carbonyl (C=O) groups excluding carboxylic acids is 2. The highest BCUT2D eigenvalue weighted by atomic mass is 19.1. The molecular formula is C20H22FN5O3. The Hall–Kier alpha value is -3.33. The first kappa shape index (κ1) is 20.4. The maximum Gasteiger partial charge on any atom is 0.249 e. The summed E-state index contributed by atoms with van der Waals surface area (Å²) in [6, 6.07) is 11.7. The molecule has 3 aromatic rings. The molecule has 2 aromatic carbocycles. The van der Waals surface area contributed by atoms with E-state index in [0.717, 1.165) is 0 Å². The zero-order valence-corrected chi connectivity index (χ0v) is 16.3. The van der Waals surface area contributed by atoms with E-state index in [2.05, 4.69) is 15.6 Å². The van der Waals surface area contributed by atoms with Crippen LogP contribution < -0.4 is 10.2 Å². The average molecular weight is 399 g/mol. The number of ether oxygens (including phenoxy) is 1. The summed E-state index contributed by atoms with van der Waals surface area (Å²) in [4.78, 5) is 26.5. The Morgan fingerprint density at radius 1 is 1.24 bits per heavy atom. The van der Waals surface area contributed by atoms with Gasteiger partial charge in [-0.25, -0.2) is 9.07 Å². The summed E-state index contributed by atoms with van der Waals surface area (Å²) in [6.45, 7) is 1.90. The third kappa shape index (κ3) is 4.94. The zero-order valence-electron chi connectivity index (χ0n) is 16.3. The Morgan fingerprint density at radius 2 is 2.03 bits per heavy atom. The molecule has 0 radical (unpaired) electrons. The number of para-hydroxylation sites is 1. The minimum absolute atomic E-state index is 0.138. The number of benzene rings is 2. The molecule has 2 amide bonds. The SMILES string of the molecule is COCCNC(=O)CN(C(=O)Cn1nnc2ccccc21)c1ccc(C)c(F)c1. The molecule has 29 heavy (non-hydrogen) atoms. The number of fused-ring (bicyclic) bond motifs is 1. The monoisotopic (exact) mass is 399 g/mol. The molecular weight excluding hydrogens is 377 g/mol. The molecule has 1 heterocycles. The van der Waals surface area contributed by atoms with Crippen molar-refractivity contribution in [1.29, 1.82) is 0 Å². The van der Waals surface area contributed by atoms with Crippen LogP contribution >= 0.6 is 0 Å². The largest absolute Gasteiger partial charge is 0.383 e. The lowest BCUT2D eigenvalue weighted by Crippen LogP contribution is -2.43. The number of amides is 2. The molecule has 0 aliphatic heterocycles. The predicted octanol–water partition coefficient (Wildman–Crippen LogP) is 1.67. The van der Waals surface area contributed by atoms with Crippen molar-refractivity contribution in [2.75, 3.05) is 31.7 Å². The molecule has 0 fully saturated rings. The number of halogens is 1. The molecule has 0 aliphatic carbocycles. The third-order valence-electron chi connectivity index (χ3n) is 4.40. The van der Waals surface area contributed by atoms with Gasteiger partial charge in [-0.3, -0.25) is 9.59 Å². The number of anilines is 1. The summed E-state index contributed by atoms with van der Waals surface area (Å²) in [5.74, 6) is -1.24. The first-order valence-electron chi connectivity index (χ1n) is 9.10. The Bertz CT molecular complexity index is 1020. The molecule has 9 heteroatoms. The van der Waals surface area contributed by atoms with Gasteiger partial charge in [0.05, 0.1) is 12.1 Å². The molecule has 0 saturated heterocycles. The lowest BCUT2D eigenvalue weighted by atomic mass is 10.2. The molecule has 1 aromatic heterocycles. The quantitative estimate of drug-likeness (QED) is 0.582. The van der Waals surface area contributed by atoms with Gasteiger partial charge in [0.15, 0.2) is 0 Å². The Kier molecular flexibility index (Phi) is 6.50. The van der Waals surface area contributed by atoms with Crippen molar-refractivity contribution in [2.45, 2.75) is 13.5 Å². The lowest BCUT2D eigenvalue weighted by Gasteiger charge is -2.23. The highest BCUT2D eigenvalue weighted by Crippen LogP contribution is 2.19. The van der Waals surface area contributed by atoms with Gasteiger partial charge < -0.3 is 15.0 Å². The number of carbonyl (C=O) groups is 2. The molecule has 1 N–H and O–H groups in total. The molecule has 0 atom stereocenters. The van der Waals surface area contributed by atoms with Crippen molar-refractivity contribution in [3.05, 3.63) is 53.8 Å². The summed E-state index contributed by atoms with van der Waals surface area (Å²) in [5.41, 5.74) is 2.10. The summed E-state index contributed by atoms with van der Waals surface area (Å²) in [5, 5.41) is 10.7. The average Bonchev–Trinajstić information content (AvgIpc) is 3.11. The van der Waals surface area contributed by atoms with Gasteiger partial charge in [0.25, 0.3) is 0 Å². The van der Waals surface area contributed by atoms with Crippen molar-refractivity contribution >= 4 is 28.5 Å². The van der Waals surface area contributed by atoms with Crippen LogP contribution in [0.1, 0.15) is 5.56 Å². The fraction of sp³-hybridized carbons (Fsp3) is 0.300. The maximum atomic E-state index is 14.1. The highest BCUT2D eigenvalue weighted by molar-refractivity contribution is 5.99. The van der Waals surface area contributed by atoms with Gasteiger partial charge in [-0.1, -0.05) is 23.4 Å². The molecule has 8 nitrogen and oxygen atoms in total. The van der Waals surface area contributed by atoms with Crippen molar-refractivity contribution in [2.24, 2.45) is 0 Å². The smallest absolute Gasteiger partial charge is 0.249 e. The van der Waals surface area contributed by atoms with Crippen LogP contribution in [0.3, 0.4) is 0 Å². The Labute approximate surface area is 167 Å². The van der Waals surface area contributed by atoms with Crippen LogP contribution in [-0.4, -0.2) is 53.6 Å². The number of rotatable bonds is 8. The summed E-state index contributed by atoms with van der Waals surface area (Å²) in [7, 11) is 1.53. The number of methoxy groups -OCH3 is 1. The number of aromatic nitrogens is 3. The van der Waals surface area contributed by atoms with E-state index in [1.165, 1.54) is 22.8 Å². The van der Waals surface area contributed by atoms with Crippen LogP contribution in [0.15, 0.2) is 42.5 Å². The number of aryl methyl sites for hydroxylation is 1. The van der Waals surface area contributed by atoms with Gasteiger partial charge >= 0.3 is 0 Å². The van der Waals surface area contributed by atoms with E-state index in [1.807, 2.05) is 12.1 Å². The molecule has 0 aliphatic rings. The van der Waals surface area contributed by atoms with E-state index in [9.17, 15) is 14.0 Å². The van der Waals surface area contributed by atoms with Crippen LogP contribution in [0.25, 0.3) is 11.0 Å². The van der Waals surface area contributed by atoms with E-state index in [1.54, 1.807) is 31.2 Å². The standard InChI is InChI=1S/C20H22FN5O3/c1-14-7-8-15(11-16(14)21)25(12-19(27)22-9-10-29-2)20(28)13-26-18-6-4-3-5-17(18)23-24-26/h3-8,11H,9-10,12-13H2,1-2H3,(H,22,27). The Morgan fingerprint density at radius 3 is 2.79 bits per heavy atom. The topological polar surface area (TPSA) is 89.4 Å². The third-order valence-corrected chi connectivity index (χ3v) is 4.40. The van der Waals surface area contributed by atoms with E-state index in [-0.39, 0.29) is 19.0 Å². The van der Waals surface area contributed by atoms with E-state index in [4.69, 9.17) is 4.74 Å². The Balaban J connectivity index is 1.83. The molecule has 0 spiro atoms. The molecule has 0 saturated carbocycles. The van der Waals surface area contributed by atoms with Crippen LogP contribution in [-0.2, 0) is 20.9 Å². The zero-order chi connectivity index (χ0) is 20.8. The number of hydrogen-bond acceptors (Lipinski definition) is 5. The minimum Gasteiger partial charge on any atom is -0.383 e. The van der Waals surface area contributed by atoms with Crippen molar-refractivity contribution in [3.8, 4) is 0 Å². The van der Waals surface area contributed by atoms with Crippen LogP contribution in [0, 0.1) is 12.7 Å². The van der Waals surface area contributed by atoms with E-state index >= 15 is 0 Å². The van der Waals surface area contributed by atoms with Gasteiger partial charge in [0.2, 0.25) is 11.8 Å².